The number of halogens is 6. The van der Waals surface area contributed by atoms with Crippen LogP contribution in [0.2, 0.25) is 0 Å². The Bertz CT molecular complexity index is 1420. The normalized spacial score (nSPS) is 14.2. The minimum absolute atomic E-state index is 0.159. The van der Waals surface area contributed by atoms with Gasteiger partial charge >= 0.3 is 18.4 Å². The maximum absolute atomic E-state index is 14.2. The maximum atomic E-state index is 14.2. The molecule has 0 atom stereocenters. The molecule has 0 aliphatic carbocycles. The lowest BCUT2D eigenvalue weighted by atomic mass is 9.99. The Labute approximate surface area is 235 Å². The molecular weight excluding hydrogens is 572 g/mol. The van der Waals surface area contributed by atoms with Gasteiger partial charge in [0.2, 0.25) is 5.91 Å². The topological polar surface area (TPSA) is 70.7 Å². The summed E-state index contributed by atoms with van der Waals surface area (Å²) in [4.78, 5) is 25.5. The minimum Gasteiger partial charge on any atom is -0.378 e. The number of carbonyl (C=O) groups excluding carboxylic acids is 2. The first-order valence-electron chi connectivity index (χ1n) is 12.2. The second-order valence-electron chi connectivity index (χ2n) is 8.74. The van der Waals surface area contributed by atoms with Crippen LogP contribution in [0.3, 0.4) is 0 Å². The van der Waals surface area contributed by atoms with Crippen LogP contribution in [0.25, 0.3) is 6.08 Å². The number of nitrogens with one attached hydrogen (secondary N) is 2. The SMILES string of the molecule is O=C(Nc1ccccc1)Nc1cccc(Sc2ccc(/C=C/C(=O)N3CCOCC3)c(C(F)(F)F)c2C(F)(F)F)c1. The van der Waals surface area contributed by atoms with Gasteiger partial charge in [0.25, 0.3) is 0 Å². The number of carbonyl (C=O) groups is 2. The highest BCUT2D eigenvalue weighted by molar-refractivity contribution is 7.99. The summed E-state index contributed by atoms with van der Waals surface area (Å²) in [5, 5.41) is 5.13. The monoisotopic (exact) mass is 595 g/mol. The van der Waals surface area contributed by atoms with Crippen LogP contribution in [-0.2, 0) is 21.9 Å². The Kier molecular flexibility index (Phi) is 9.28. The second kappa shape index (κ2) is 12.7. The molecule has 1 heterocycles. The first kappa shape index (κ1) is 30.0. The van der Waals surface area contributed by atoms with E-state index in [0.717, 1.165) is 24.3 Å². The molecule has 0 spiro atoms. The van der Waals surface area contributed by atoms with Crippen molar-refractivity contribution in [2.24, 2.45) is 0 Å². The Balaban J connectivity index is 1.62. The van der Waals surface area contributed by atoms with E-state index in [1.807, 2.05) is 0 Å². The van der Waals surface area contributed by atoms with Crippen molar-refractivity contribution in [2.45, 2.75) is 22.1 Å². The van der Waals surface area contributed by atoms with Crippen LogP contribution in [0.5, 0.6) is 0 Å². The fraction of sp³-hybridized carbons (Fsp3) is 0.214. The number of hydrogen-bond acceptors (Lipinski definition) is 4. The van der Waals surface area contributed by atoms with E-state index in [1.165, 1.54) is 29.2 Å². The highest BCUT2D eigenvalue weighted by atomic mass is 32.2. The van der Waals surface area contributed by atoms with E-state index in [-0.39, 0.29) is 36.9 Å². The summed E-state index contributed by atoms with van der Waals surface area (Å²) >= 11 is 0.468. The number of para-hydroxylation sites is 1. The predicted octanol–water partition coefficient (Wildman–Crippen LogP) is 7.39. The Morgan fingerprint density at radius 2 is 1.44 bits per heavy atom. The summed E-state index contributed by atoms with van der Waals surface area (Å²) in [5.74, 6) is -0.631. The number of morpholine rings is 1. The second-order valence-corrected chi connectivity index (χ2v) is 9.86. The molecule has 0 unspecified atom stereocenters. The summed E-state index contributed by atoms with van der Waals surface area (Å²) < 4.78 is 90.0. The minimum atomic E-state index is -5.37. The maximum Gasteiger partial charge on any atom is 0.418 e. The predicted molar refractivity (Wildman–Crippen MR) is 143 cm³/mol. The van der Waals surface area contributed by atoms with Crippen molar-refractivity contribution in [3.63, 3.8) is 0 Å². The molecule has 4 rings (SSSR count). The number of benzene rings is 3. The number of alkyl halides is 6. The van der Waals surface area contributed by atoms with Crippen molar-refractivity contribution < 1.29 is 40.7 Å². The molecule has 1 aliphatic rings. The van der Waals surface area contributed by atoms with Crippen LogP contribution in [0, 0.1) is 0 Å². The highest BCUT2D eigenvalue weighted by Gasteiger charge is 2.46. The van der Waals surface area contributed by atoms with Gasteiger partial charge in [0, 0.05) is 40.3 Å². The molecule has 2 N–H and O–H groups in total. The lowest BCUT2D eigenvalue weighted by Gasteiger charge is -2.25. The van der Waals surface area contributed by atoms with Crippen LogP contribution in [-0.4, -0.2) is 43.1 Å². The Morgan fingerprint density at radius 3 is 2.10 bits per heavy atom. The van der Waals surface area contributed by atoms with Crippen molar-refractivity contribution in [2.75, 3.05) is 36.9 Å². The molecule has 0 bridgehead atoms. The van der Waals surface area contributed by atoms with E-state index in [2.05, 4.69) is 10.6 Å². The van der Waals surface area contributed by atoms with Gasteiger partial charge in [0.05, 0.1) is 24.3 Å². The van der Waals surface area contributed by atoms with Crippen LogP contribution in [0.4, 0.5) is 42.5 Å². The first-order chi connectivity index (χ1) is 19.4. The van der Waals surface area contributed by atoms with Crippen molar-refractivity contribution in [1.82, 2.24) is 4.90 Å². The van der Waals surface area contributed by atoms with E-state index in [1.54, 1.807) is 30.3 Å². The Morgan fingerprint density at radius 1 is 0.805 bits per heavy atom. The number of nitrogens with zero attached hydrogens (tertiary/aromatic N) is 1. The summed E-state index contributed by atoms with van der Waals surface area (Å²) in [6.07, 6.45) is -9.16. The van der Waals surface area contributed by atoms with E-state index < -0.39 is 45.9 Å². The summed E-state index contributed by atoms with van der Waals surface area (Å²) in [5.41, 5.74) is -3.82. The van der Waals surface area contributed by atoms with Crippen LogP contribution in [0.1, 0.15) is 16.7 Å². The number of urea groups is 1. The van der Waals surface area contributed by atoms with Crippen molar-refractivity contribution >= 4 is 41.2 Å². The Hall–Kier alpha value is -3.97. The lowest BCUT2D eigenvalue weighted by Crippen LogP contribution is -2.39. The third-order valence-corrected chi connectivity index (χ3v) is 6.90. The quantitative estimate of drug-likeness (QED) is 0.230. The van der Waals surface area contributed by atoms with Gasteiger partial charge in [-0.25, -0.2) is 4.79 Å². The van der Waals surface area contributed by atoms with E-state index >= 15 is 0 Å². The van der Waals surface area contributed by atoms with Gasteiger partial charge in [-0.05, 0) is 48.0 Å². The molecule has 3 amide bonds. The zero-order valence-electron chi connectivity index (χ0n) is 21.2. The van der Waals surface area contributed by atoms with E-state index in [4.69, 9.17) is 4.74 Å². The molecule has 1 fully saturated rings. The van der Waals surface area contributed by atoms with Gasteiger partial charge in [0.1, 0.15) is 0 Å². The van der Waals surface area contributed by atoms with Crippen molar-refractivity contribution in [1.29, 1.82) is 0 Å². The summed E-state index contributed by atoms with van der Waals surface area (Å²) in [6.45, 7) is 0.957. The largest absolute Gasteiger partial charge is 0.418 e. The van der Waals surface area contributed by atoms with Crippen LogP contribution < -0.4 is 10.6 Å². The molecule has 13 heteroatoms. The van der Waals surface area contributed by atoms with Crippen LogP contribution in [0.15, 0.2) is 82.6 Å². The third-order valence-electron chi connectivity index (χ3n) is 5.85. The van der Waals surface area contributed by atoms with Gasteiger partial charge in [-0.15, -0.1) is 0 Å². The molecule has 0 saturated carbocycles. The molecule has 216 valence electrons. The first-order valence-corrected chi connectivity index (χ1v) is 13.0. The molecule has 1 aliphatic heterocycles. The summed E-state index contributed by atoms with van der Waals surface area (Å²) in [7, 11) is 0. The number of ether oxygens (including phenoxy) is 1. The van der Waals surface area contributed by atoms with Gasteiger partial charge in [0.15, 0.2) is 0 Å². The average molecular weight is 596 g/mol. The highest BCUT2D eigenvalue weighted by Crippen LogP contribution is 2.48. The standard InChI is InChI=1S/C28H23F6N3O3S/c29-27(30,31)24-18(10-12-23(38)37-13-15-40-16-14-37)9-11-22(25(24)28(32,33)34)41-21-8-4-7-20(17-21)36-26(39)35-19-5-2-1-3-6-19/h1-12,17H,13-16H2,(H2,35,36,39)/b12-10+. The van der Waals surface area contributed by atoms with Gasteiger partial charge in [-0.1, -0.05) is 42.1 Å². The lowest BCUT2D eigenvalue weighted by molar-refractivity contribution is -0.163. The summed E-state index contributed by atoms with van der Waals surface area (Å²) in [6, 6.07) is 15.4. The number of hydrogen-bond donors (Lipinski definition) is 2. The molecule has 3 aromatic rings. The van der Waals surface area contributed by atoms with E-state index in [0.29, 0.717) is 17.4 Å². The fourth-order valence-electron chi connectivity index (χ4n) is 4.04. The molecule has 3 aromatic carbocycles. The van der Waals surface area contributed by atoms with Crippen LogP contribution >= 0.6 is 11.8 Å². The van der Waals surface area contributed by atoms with Gasteiger partial charge in [-0.2, -0.15) is 26.3 Å². The molecule has 1 saturated heterocycles. The smallest absolute Gasteiger partial charge is 0.378 e. The molecule has 0 radical (unpaired) electrons. The van der Waals surface area contributed by atoms with Gasteiger partial charge in [-0.3, -0.25) is 4.79 Å². The molecular formula is C28H23F6N3O3S. The fourth-order valence-corrected chi connectivity index (χ4v) is 5.08. The average Bonchev–Trinajstić information content (AvgIpc) is 2.92. The van der Waals surface area contributed by atoms with Crippen molar-refractivity contribution in [3.05, 3.63) is 89.5 Å². The molecule has 41 heavy (non-hydrogen) atoms. The van der Waals surface area contributed by atoms with Crippen molar-refractivity contribution in [3.8, 4) is 0 Å². The van der Waals surface area contributed by atoms with E-state index in [9.17, 15) is 35.9 Å². The zero-order chi connectivity index (χ0) is 29.6. The van der Waals surface area contributed by atoms with Gasteiger partial charge < -0.3 is 20.3 Å². The zero-order valence-corrected chi connectivity index (χ0v) is 22.0. The molecule has 6 nitrogen and oxygen atoms in total. The number of amides is 3. The third kappa shape index (κ3) is 8.04. The number of rotatable bonds is 6. The number of anilines is 2. The molecule has 0 aromatic heterocycles.